The molecular formula is C18H11ClN2O4S. The highest BCUT2D eigenvalue weighted by atomic mass is 35.5. The van der Waals surface area contributed by atoms with Crippen LogP contribution in [0.5, 0.6) is 0 Å². The normalized spacial score (nSPS) is 12.1. The minimum Gasteiger partial charge on any atom is -0.463 e. The van der Waals surface area contributed by atoms with Crippen LogP contribution in [-0.4, -0.2) is 13.4 Å². The van der Waals surface area contributed by atoms with Crippen molar-refractivity contribution in [3.63, 3.8) is 0 Å². The number of benzene rings is 1. The Labute approximate surface area is 153 Å². The Kier molecular flexibility index (Phi) is 4.64. The molecule has 0 unspecified atom stereocenters. The largest absolute Gasteiger partial charge is 0.463 e. The van der Waals surface area contributed by atoms with E-state index in [1.165, 1.54) is 24.4 Å². The number of nitrogens with zero attached hydrogens (tertiary/aromatic N) is 2. The number of nitriles is 1. The fourth-order valence-corrected chi connectivity index (χ4v) is 3.54. The van der Waals surface area contributed by atoms with Crippen molar-refractivity contribution in [3.05, 3.63) is 74.1 Å². The molecule has 0 radical (unpaired) electrons. The first-order valence-corrected chi connectivity index (χ1v) is 9.20. The third-order valence-electron chi connectivity index (χ3n) is 3.68. The minimum absolute atomic E-state index is 0.0755. The number of hydrogen-bond acceptors (Lipinski definition) is 6. The molecule has 8 heteroatoms. The Bertz CT molecular complexity index is 1240. The highest BCUT2D eigenvalue weighted by molar-refractivity contribution is 7.95. The lowest BCUT2D eigenvalue weighted by molar-refractivity contribution is 0.599. The topological polar surface area (TPSA) is 101 Å². The van der Waals surface area contributed by atoms with Gasteiger partial charge in [-0.25, -0.2) is 13.4 Å². The van der Waals surface area contributed by atoms with Crippen LogP contribution in [0.2, 0.25) is 5.02 Å². The molecule has 0 N–H and O–H groups in total. The molecule has 26 heavy (non-hydrogen) atoms. The molecule has 0 aliphatic carbocycles. The summed E-state index contributed by atoms with van der Waals surface area (Å²) in [5.41, 5.74) is 0.492. The molecule has 0 saturated heterocycles. The van der Waals surface area contributed by atoms with Crippen LogP contribution in [0.3, 0.4) is 0 Å². The second-order valence-corrected chi connectivity index (χ2v) is 7.68. The van der Waals surface area contributed by atoms with Crippen molar-refractivity contribution in [2.45, 2.75) is 11.9 Å². The molecular weight excluding hydrogens is 376 g/mol. The Hall–Kier alpha value is -2.95. The molecule has 6 nitrogen and oxygen atoms in total. The molecule has 0 saturated carbocycles. The van der Waals surface area contributed by atoms with Crippen LogP contribution < -0.4 is 5.43 Å². The number of allylic oxidation sites excluding steroid dienone is 1. The van der Waals surface area contributed by atoms with Crippen LogP contribution in [0.1, 0.15) is 11.1 Å². The molecule has 0 aliphatic heterocycles. The van der Waals surface area contributed by atoms with Gasteiger partial charge >= 0.3 is 0 Å². The van der Waals surface area contributed by atoms with E-state index in [0.29, 0.717) is 10.6 Å². The lowest BCUT2D eigenvalue weighted by Gasteiger charge is -2.04. The van der Waals surface area contributed by atoms with Gasteiger partial charge in [0.25, 0.3) is 0 Å². The van der Waals surface area contributed by atoms with Gasteiger partial charge in [0.15, 0.2) is 15.4 Å². The summed E-state index contributed by atoms with van der Waals surface area (Å²) in [5, 5.41) is 9.59. The van der Waals surface area contributed by atoms with Crippen molar-refractivity contribution in [2.24, 2.45) is 0 Å². The predicted octanol–water partition coefficient (Wildman–Crippen LogP) is 3.49. The zero-order chi connectivity index (χ0) is 18.9. The van der Waals surface area contributed by atoms with E-state index in [4.69, 9.17) is 16.0 Å². The fraction of sp³-hybridized carbons (Fsp3) is 0.0556. The van der Waals surface area contributed by atoms with Gasteiger partial charge in [-0.1, -0.05) is 17.7 Å². The van der Waals surface area contributed by atoms with Crippen LogP contribution in [0.4, 0.5) is 0 Å². The van der Waals surface area contributed by atoms with Gasteiger partial charge in [-0.15, -0.1) is 0 Å². The fourth-order valence-electron chi connectivity index (χ4n) is 2.30. The van der Waals surface area contributed by atoms with E-state index in [-0.39, 0.29) is 16.0 Å². The van der Waals surface area contributed by atoms with E-state index < -0.39 is 20.2 Å². The van der Waals surface area contributed by atoms with Crippen LogP contribution in [0.15, 0.2) is 61.9 Å². The van der Waals surface area contributed by atoms with Gasteiger partial charge in [-0.2, -0.15) is 5.26 Å². The van der Waals surface area contributed by atoms with Crippen molar-refractivity contribution < 1.29 is 12.8 Å². The summed E-state index contributed by atoms with van der Waals surface area (Å²) in [7, 11) is -4.15. The van der Waals surface area contributed by atoms with Crippen LogP contribution >= 0.6 is 11.6 Å². The summed E-state index contributed by atoms with van der Waals surface area (Å²) in [4.78, 5) is 15.8. The maximum Gasteiger partial charge on any atom is 0.233 e. The maximum atomic E-state index is 12.6. The summed E-state index contributed by atoms with van der Waals surface area (Å²) < 4.78 is 30.5. The van der Waals surface area contributed by atoms with Crippen molar-refractivity contribution in [1.29, 1.82) is 5.26 Å². The zero-order valence-electron chi connectivity index (χ0n) is 13.4. The van der Waals surface area contributed by atoms with E-state index in [0.717, 1.165) is 17.9 Å². The van der Waals surface area contributed by atoms with Gasteiger partial charge < -0.3 is 4.42 Å². The number of fused-ring (bicyclic) bond motifs is 1. The highest BCUT2D eigenvalue weighted by Gasteiger charge is 2.22. The molecule has 0 spiro atoms. The summed E-state index contributed by atoms with van der Waals surface area (Å²) in [5.74, 6) is 0. The molecule has 3 rings (SSSR count). The first-order valence-electron chi connectivity index (χ1n) is 7.34. The predicted molar refractivity (Wildman–Crippen MR) is 97.2 cm³/mol. The second kappa shape index (κ2) is 6.75. The molecule has 2 aromatic heterocycles. The summed E-state index contributed by atoms with van der Waals surface area (Å²) in [6, 6.07) is 8.99. The van der Waals surface area contributed by atoms with E-state index in [9.17, 15) is 18.5 Å². The van der Waals surface area contributed by atoms with Gasteiger partial charge in [0, 0.05) is 11.2 Å². The standard InChI is InChI=1S/C18H11ClN2O4S/c1-11-6-16-14(8-15(11)19)18(22)12(10-25-16)7-13(9-20)26(23,24)17-4-2-3-5-21-17/h2-8,10H,1H3/b13-7+. The van der Waals surface area contributed by atoms with E-state index in [1.807, 2.05) is 0 Å². The van der Waals surface area contributed by atoms with Gasteiger partial charge in [0.05, 0.1) is 10.9 Å². The molecule has 3 aromatic rings. The van der Waals surface area contributed by atoms with E-state index >= 15 is 0 Å². The number of hydrogen-bond donors (Lipinski definition) is 0. The van der Waals surface area contributed by atoms with Gasteiger partial charge in [0.1, 0.15) is 17.9 Å². The Morgan fingerprint density at radius 2 is 2.12 bits per heavy atom. The number of halogens is 1. The number of rotatable bonds is 3. The molecule has 1 aromatic carbocycles. The second-order valence-electron chi connectivity index (χ2n) is 5.41. The molecule has 2 heterocycles. The van der Waals surface area contributed by atoms with Crippen molar-refractivity contribution in [2.75, 3.05) is 0 Å². The first kappa shape index (κ1) is 17.9. The van der Waals surface area contributed by atoms with Crippen molar-refractivity contribution in [3.8, 4) is 6.07 Å². The summed E-state index contributed by atoms with van der Waals surface area (Å²) in [6.07, 6.45) is 3.39. The van der Waals surface area contributed by atoms with Crippen LogP contribution in [-0.2, 0) is 9.84 Å². The molecule has 0 amide bonds. The number of aromatic nitrogens is 1. The Morgan fingerprint density at radius 1 is 1.35 bits per heavy atom. The first-order chi connectivity index (χ1) is 12.3. The lowest BCUT2D eigenvalue weighted by Crippen LogP contribution is -2.09. The molecule has 0 atom stereocenters. The molecule has 0 fully saturated rings. The van der Waals surface area contributed by atoms with Crippen LogP contribution in [0.25, 0.3) is 17.0 Å². The quantitative estimate of drug-likeness (QED) is 0.638. The monoisotopic (exact) mass is 386 g/mol. The summed E-state index contributed by atoms with van der Waals surface area (Å²) >= 11 is 6.05. The molecule has 130 valence electrons. The van der Waals surface area contributed by atoms with E-state index in [1.54, 1.807) is 25.1 Å². The smallest absolute Gasteiger partial charge is 0.233 e. The lowest BCUT2D eigenvalue weighted by atomic mass is 10.1. The zero-order valence-corrected chi connectivity index (χ0v) is 15.0. The third kappa shape index (κ3) is 3.12. The van der Waals surface area contributed by atoms with E-state index in [2.05, 4.69) is 4.98 Å². The van der Waals surface area contributed by atoms with Gasteiger partial charge in [-0.05, 0) is 42.8 Å². The molecule has 0 aliphatic rings. The van der Waals surface area contributed by atoms with Crippen LogP contribution in [0, 0.1) is 18.3 Å². The highest BCUT2D eigenvalue weighted by Crippen LogP contribution is 2.23. The van der Waals surface area contributed by atoms with Crippen molar-refractivity contribution >= 4 is 38.5 Å². The Morgan fingerprint density at radius 3 is 2.77 bits per heavy atom. The van der Waals surface area contributed by atoms with Crippen molar-refractivity contribution in [1.82, 2.24) is 4.98 Å². The minimum atomic E-state index is -4.15. The SMILES string of the molecule is Cc1cc2occ(/C=C(\C#N)S(=O)(=O)c3ccccn3)c(=O)c2cc1Cl. The van der Waals surface area contributed by atoms with Gasteiger partial charge in [0.2, 0.25) is 9.84 Å². The Balaban J connectivity index is 2.20. The van der Waals surface area contributed by atoms with Gasteiger partial charge in [-0.3, -0.25) is 4.79 Å². The average molecular weight is 387 g/mol. The third-order valence-corrected chi connectivity index (χ3v) is 5.67. The summed E-state index contributed by atoms with van der Waals surface area (Å²) in [6.45, 7) is 1.77. The molecule has 0 bridgehead atoms. The number of pyridine rings is 1. The average Bonchev–Trinajstić information content (AvgIpc) is 2.63. The number of sulfone groups is 1. The number of aryl methyl sites for hydroxylation is 1. The maximum absolute atomic E-state index is 12.6.